The van der Waals surface area contributed by atoms with Crippen LogP contribution in [0.4, 0.5) is 0 Å². The molecule has 3 aromatic rings. The molecule has 3 heteroatoms. The van der Waals surface area contributed by atoms with Crippen molar-refractivity contribution in [1.29, 1.82) is 0 Å². The number of halogens is 1. The summed E-state index contributed by atoms with van der Waals surface area (Å²) in [5.74, 6) is 0.295. The van der Waals surface area contributed by atoms with Crippen molar-refractivity contribution in [2.24, 2.45) is 0 Å². The fourth-order valence-electron chi connectivity index (χ4n) is 2.04. The van der Waals surface area contributed by atoms with Crippen LogP contribution in [-0.4, -0.2) is 5.11 Å². The first kappa shape index (κ1) is 13.4. The number of hydrogen-bond acceptors (Lipinski definition) is 2. The van der Waals surface area contributed by atoms with E-state index in [1.54, 1.807) is 23.5 Å². The fourth-order valence-corrected chi connectivity index (χ4v) is 3.95. The SMILES string of the molecule is Cc1ccc(-c2sc(-c3ccc(O)cc3)cc2Br)cc1. The Morgan fingerprint density at radius 3 is 2.15 bits per heavy atom. The van der Waals surface area contributed by atoms with Crippen molar-refractivity contribution in [3.63, 3.8) is 0 Å². The number of hydrogen-bond donors (Lipinski definition) is 1. The van der Waals surface area contributed by atoms with Gasteiger partial charge in [-0.05, 0) is 64.3 Å². The third-order valence-electron chi connectivity index (χ3n) is 3.15. The van der Waals surface area contributed by atoms with Gasteiger partial charge in [0.25, 0.3) is 0 Å². The van der Waals surface area contributed by atoms with Crippen molar-refractivity contribution in [2.45, 2.75) is 6.92 Å². The summed E-state index contributed by atoms with van der Waals surface area (Å²) in [6.07, 6.45) is 0. The summed E-state index contributed by atoms with van der Waals surface area (Å²) in [5, 5.41) is 9.36. The van der Waals surface area contributed by atoms with E-state index in [1.807, 2.05) is 12.1 Å². The molecule has 0 unspecified atom stereocenters. The van der Waals surface area contributed by atoms with Crippen LogP contribution >= 0.6 is 27.3 Å². The minimum absolute atomic E-state index is 0.295. The molecule has 2 aromatic carbocycles. The Hall–Kier alpha value is -1.58. The molecule has 3 rings (SSSR count). The van der Waals surface area contributed by atoms with E-state index in [9.17, 15) is 5.11 Å². The number of aryl methyl sites for hydroxylation is 1. The molecule has 0 aliphatic carbocycles. The first-order valence-corrected chi connectivity index (χ1v) is 7.90. The third-order valence-corrected chi connectivity index (χ3v) is 5.27. The van der Waals surface area contributed by atoms with Gasteiger partial charge in [0.1, 0.15) is 5.75 Å². The van der Waals surface area contributed by atoms with E-state index in [0.717, 1.165) is 10.0 Å². The molecule has 1 heterocycles. The maximum absolute atomic E-state index is 9.36. The molecule has 1 nitrogen and oxygen atoms in total. The zero-order valence-electron chi connectivity index (χ0n) is 10.9. The molecule has 0 amide bonds. The van der Waals surface area contributed by atoms with Crippen LogP contribution in [0.3, 0.4) is 0 Å². The molecule has 0 radical (unpaired) electrons. The van der Waals surface area contributed by atoms with Crippen LogP contribution in [0.15, 0.2) is 59.1 Å². The lowest BCUT2D eigenvalue weighted by molar-refractivity contribution is 0.475. The first-order chi connectivity index (χ1) is 9.63. The molecule has 0 saturated heterocycles. The molecular weight excluding hydrogens is 332 g/mol. The second-order valence-corrected chi connectivity index (χ2v) is 6.61. The maximum Gasteiger partial charge on any atom is 0.115 e. The molecule has 100 valence electrons. The first-order valence-electron chi connectivity index (χ1n) is 6.29. The number of phenols is 1. The highest BCUT2D eigenvalue weighted by Crippen LogP contribution is 2.41. The Labute approximate surface area is 130 Å². The van der Waals surface area contributed by atoms with E-state index in [1.165, 1.54) is 20.9 Å². The zero-order chi connectivity index (χ0) is 14.1. The van der Waals surface area contributed by atoms with Crippen LogP contribution in [0, 0.1) is 6.92 Å². The summed E-state index contributed by atoms with van der Waals surface area (Å²) < 4.78 is 1.11. The smallest absolute Gasteiger partial charge is 0.115 e. The Balaban J connectivity index is 2.02. The molecular formula is C17H13BrOS. The van der Waals surface area contributed by atoms with Gasteiger partial charge in [-0.1, -0.05) is 29.8 Å². The minimum Gasteiger partial charge on any atom is -0.508 e. The van der Waals surface area contributed by atoms with Crippen molar-refractivity contribution < 1.29 is 5.11 Å². The molecule has 1 N–H and O–H groups in total. The molecule has 20 heavy (non-hydrogen) atoms. The molecule has 0 atom stereocenters. The summed E-state index contributed by atoms with van der Waals surface area (Å²) >= 11 is 5.39. The summed E-state index contributed by atoms with van der Waals surface area (Å²) in [7, 11) is 0. The lowest BCUT2D eigenvalue weighted by Gasteiger charge is -2.00. The van der Waals surface area contributed by atoms with E-state index < -0.39 is 0 Å². The van der Waals surface area contributed by atoms with Gasteiger partial charge in [0.2, 0.25) is 0 Å². The normalized spacial score (nSPS) is 10.7. The van der Waals surface area contributed by atoms with Crippen LogP contribution in [0.25, 0.3) is 20.9 Å². The molecule has 1 aromatic heterocycles. The topological polar surface area (TPSA) is 20.2 Å². The highest BCUT2D eigenvalue weighted by molar-refractivity contribution is 9.10. The zero-order valence-corrected chi connectivity index (χ0v) is 13.3. The molecule has 0 saturated carbocycles. The Kier molecular flexibility index (Phi) is 3.64. The minimum atomic E-state index is 0.295. The van der Waals surface area contributed by atoms with Gasteiger partial charge < -0.3 is 5.11 Å². The Morgan fingerprint density at radius 1 is 0.900 bits per heavy atom. The lowest BCUT2D eigenvalue weighted by Crippen LogP contribution is -1.74. The largest absolute Gasteiger partial charge is 0.508 e. The summed E-state index contributed by atoms with van der Waals surface area (Å²) in [6.45, 7) is 2.09. The van der Waals surface area contributed by atoms with Gasteiger partial charge in [0.15, 0.2) is 0 Å². The van der Waals surface area contributed by atoms with Gasteiger partial charge in [-0.2, -0.15) is 0 Å². The van der Waals surface area contributed by atoms with E-state index in [2.05, 4.69) is 53.2 Å². The third kappa shape index (κ3) is 2.65. The fraction of sp³-hybridized carbons (Fsp3) is 0.0588. The van der Waals surface area contributed by atoms with Crippen LogP contribution in [0.5, 0.6) is 5.75 Å². The van der Waals surface area contributed by atoms with Crippen molar-refractivity contribution in [1.82, 2.24) is 0 Å². The number of aromatic hydroxyl groups is 1. The van der Waals surface area contributed by atoms with Gasteiger partial charge in [0, 0.05) is 14.2 Å². The predicted octanol–water partition coefficient (Wildman–Crippen LogP) is 5.86. The second kappa shape index (κ2) is 5.43. The predicted molar refractivity (Wildman–Crippen MR) is 89.3 cm³/mol. The van der Waals surface area contributed by atoms with Crippen LogP contribution in [0.1, 0.15) is 5.56 Å². The quantitative estimate of drug-likeness (QED) is 0.617. The van der Waals surface area contributed by atoms with E-state index in [-0.39, 0.29) is 0 Å². The average molecular weight is 345 g/mol. The van der Waals surface area contributed by atoms with Crippen molar-refractivity contribution >= 4 is 27.3 Å². The van der Waals surface area contributed by atoms with Crippen LogP contribution in [0.2, 0.25) is 0 Å². The molecule has 0 bridgehead atoms. The van der Waals surface area contributed by atoms with Crippen molar-refractivity contribution in [2.75, 3.05) is 0 Å². The Morgan fingerprint density at radius 2 is 1.50 bits per heavy atom. The number of phenolic OH excluding ortho intramolecular Hbond substituents is 1. The van der Waals surface area contributed by atoms with E-state index in [0.29, 0.717) is 5.75 Å². The summed E-state index contributed by atoms with van der Waals surface area (Å²) in [6, 6.07) is 18.0. The van der Waals surface area contributed by atoms with Crippen molar-refractivity contribution in [3.8, 4) is 26.6 Å². The molecule has 0 aliphatic rings. The van der Waals surface area contributed by atoms with Gasteiger partial charge in [0.05, 0.1) is 0 Å². The highest BCUT2D eigenvalue weighted by atomic mass is 79.9. The molecule has 0 fully saturated rings. The maximum atomic E-state index is 9.36. The Bertz CT molecular complexity index is 727. The lowest BCUT2D eigenvalue weighted by atomic mass is 10.1. The summed E-state index contributed by atoms with van der Waals surface area (Å²) in [4.78, 5) is 2.42. The van der Waals surface area contributed by atoms with Crippen LogP contribution < -0.4 is 0 Å². The highest BCUT2D eigenvalue weighted by Gasteiger charge is 2.10. The monoisotopic (exact) mass is 344 g/mol. The van der Waals surface area contributed by atoms with Gasteiger partial charge in [-0.3, -0.25) is 0 Å². The van der Waals surface area contributed by atoms with Crippen LogP contribution in [-0.2, 0) is 0 Å². The second-order valence-electron chi connectivity index (χ2n) is 4.70. The number of rotatable bonds is 2. The van der Waals surface area contributed by atoms with E-state index >= 15 is 0 Å². The van der Waals surface area contributed by atoms with Gasteiger partial charge in [-0.25, -0.2) is 0 Å². The summed E-state index contributed by atoms with van der Waals surface area (Å²) in [5.41, 5.74) is 3.60. The average Bonchev–Trinajstić information content (AvgIpc) is 2.82. The van der Waals surface area contributed by atoms with Gasteiger partial charge in [-0.15, -0.1) is 11.3 Å². The van der Waals surface area contributed by atoms with Gasteiger partial charge >= 0.3 is 0 Å². The number of thiophene rings is 1. The van der Waals surface area contributed by atoms with Crippen molar-refractivity contribution in [3.05, 3.63) is 64.6 Å². The number of benzene rings is 2. The molecule has 0 spiro atoms. The standard InChI is InChI=1S/C17H13BrOS/c1-11-2-4-13(5-3-11)17-15(18)10-16(20-17)12-6-8-14(19)9-7-12/h2-10,19H,1H3. The molecule has 0 aliphatic heterocycles. The van der Waals surface area contributed by atoms with E-state index in [4.69, 9.17) is 0 Å².